The van der Waals surface area contributed by atoms with Gasteiger partial charge < -0.3 is 4.74 Å². The molecule has 15 heavy (non-hydrogen) atoms. The number of hydrogen-bond donors (Lipinski definition) is 0. The Morgan fingerprint density at radius 2 is 2.13 bits per heavy atom. The standard InChI is InChI=1S/C11H10FNO2/c1-2-15-11(14)10(7-13)8-3-5-9(12)6-4-8/h3-6,10H,2H2,1H3. The van der Waals surface area contributed by atoms with Crippen LogP contribution in [0.5, 0.6) is 0 Å². The van der Waals surface area contributed by atoms with Crippen molar-refractivity contribution in [3.63, 3.8) is 0 Å². The van der Waals surface area contributed by atoms with Crippen LogP contribution >= 0.6 is 0 Å². The maximum Gasteiger partial charge on any atom is 0.327 e. The van der Waals surface area contributed by atoms with Gasteiger partial charge in [-0.15, -0.1) is 0 Å². The Bertz CT molecular complexity index is 381. The number of halogens is 1. The molecule has 4 heteroatoms. The molecule has 0 saturated carbocycles. The molecule has 0 fully saturated rings. The zero-order valence-corrected chi connectivity index (χ0v) is 8.24. The first-order valence-electron chi connectivity index (χ1n) is 4.50. The molecular weight excluding hydrogens is 197 g/mol. The topological polar surface area (TPSA) is 50.1 Å². The van der Waals surface area contributed by atoms with Crippen LogP contribution in [0.3, 0.4) is 0 Å². The number of ether oxygens (including phenoxy) is 1. The molecule has 0 heterocycles. The zero-order valence-electron chi connectivity index (χ0n) is 8.24. The maximum absolute atomic E-state index is 12.6. The molecule has 1 aromatic carbocycles. The van der Waals surface area contributed by atoms with Gasteiger partial charge in [0.1, 0.15) is 5.82 Å². The molecule has 0 bridgehead atoms. The Hall–Kier alpha value is -1.89. The smallest absolute Gasteiger partial charge is 0.327 e. The number of nitrogens with zero attached hydrogens (tertiary/aromatic N) is 1. The summed E-state index contributed by atoms with van der Waals surface area (Å²) < 4.78 is 17.3. The Labute approximate surface area is 87.1 Å². The normalized spacial score (nSPS) is 11.5. The van der Waals surface area contributed by atoms with Gasteiger partial charge in [-0.2, -0.15) is 5.26 Å². The fraction of sp³-hybridized carbons (Fsp3) is 0.273. The van der Waals surface area contributed by atoms with Crippen molar-refractivity contribution < 1.29 is 13.9 Å². The summed E-state index contributed by atoms with van der Waals surface area (Å²) in [7, 11) is 0. The van der Waals surface area contributed by atoms with Crippen molar-refractivity contribution in [3.8, 4) is 6.07 Å². The molecule has 0 N–H and O–H groups in total. The van der Waals surface area contributed by atoms with E-state index in [4.69, 9.17) is 10.00 Å². The van der Waals surface area contributed by atoms with Gasteiger partial charge in [0.15, 0.2) is 5.92 Å². The SMILES string of the molecule is CCOC(=O)C(C#N)c1ccc(F)cc1. The first-order chi connectivity index (χ1) is 7.19. The van der Waals surface area contributed by atoms with Gasteiger partial charge in [0.05, 0.1) is 12.7 Å². The van der Waals surface area contributed by atoms with Gasteiger partial charge in [0.2, 0.25) is 0 Å². The molecule has 0 amide bonds. The maximum atomic E-state index is 12.6. The van der Waals surface area contributed by atoms with Crippen molar-refractivity contribution in [2.24, 2.45) is 0 Å². The second-order valence-corrected chi connectivity index (χ2v) is 2.87. The second-order valence-electron chi connectivity index (χ2n) is 2.87. The molecule has 78 valence electrons. The first-order valence-corrected chi connectivity index (χ1v) is 4.50. The Balaban J connectivity index is 2.89. The van der Waals surface area contributed by atoms with Crippen LogP contribution in [0.25, 0.3) is 0 Å². The van der Waals surface area contributed by atoms with Crippen LogP contribution in [0.15, 0.2) is 24.3 Å². The average molecular weight is 207 g/mol. The van der Waals surface area contributed by atoms with E-state index < -0.39 is 17.7 Å². The lowest BCUT2D eigenvalue weighted by molar-refractivity contribution is -0.143. The van der Waals surface area contributed by atoms with Gasteiger partial charge in [-0.05, 0) is 24.6 Å². The number of rotatable bonds is 3. The summed E-state index contributed by atoms with van der Waals surface area (Å²) >= 11 is 0. The molecule has 1 rings (SSSR count). The minimum atomic E-state index is -0.981. The number of benzene rings is 1. The average Bonchev–Trinajstić information content (AvgIpc) is 2.22. The fourth-order valence-corrected chi connectivity index (χ4v) is 1.14. The Morgan fingerprint density at radius 1 is 1.53 bits per heavy atom. The van der Waals surface area contributed by atoms with Crippen molar-refractivity contribution >= 4 is 5.97 Å². The summed E-state index contributed by atoms with van der Waals surface area (Å²) in [5, 5.41) is 8.80. The highest BCUT2D eigenvalue weighted by atomic mass is 19.1. The van der Waals surface area contributed by atoms with Crippen molar-refractivity contribution in [3.05, 3.63) is 35.6 Å². The van der Waals surface area contributed by atoms with Gasteiger partial charge in [-0.1, -0.05) is 12.1 Å². The molecule has 0 aromatic heterocycles. The summed E-state index contributed by atoms with van der Waals surface area (Å²) in [6, 6.07) is 7.05. The number of nitriles is 1. The van der Waals surface area contributed by atoms with E-state index in [0.717, 1.165) is 0 Å². The van der Waals surface area contributed by atoms with Gasteiger partial charge in [0.25, 0.3) is 0 Å². The third-order valence-corrected chi connectivity index (χ3v) is 1.85. The number of carbonyl (C=O) groups excluding carboxylic acids is 1. The summed E-state index contributed by atoms with van der Waals surface area (Å²) in [5.41, 5.74) is 0.442. The van der Waals surface area contributed by atoms with E-state index >= 15 is 0 Å². The van der Waals surface area contributed by atoms with E-state index in [0.29, 0.717) is 5.56 Å². The largest absolute Gasteiger partial charge is 0.465 e. The minimum Gasteiger partial charge on any atom is -0.465 e. The van der Waals surface area contributed by atoms with Crippen LogP contribution in [0.1, 0.15) is 18.4 Å². The van der Waals surface area contributed by atoms with Crippen LogP contribution in [0.2, 0.25) is 0 Å². The summed E-state index contributed by atoms with van der Waals surface area (Å²) in [4.78, 5) is 11.3. The highest BCUT2D eigenvalue weighted by Gasteiger charge is 2.21. The van der Waals surface area contributed by atoms with Crippen molar-refractivity contribution in [1.82, 2.24) is 0 Å². The highest BCUT2D eigenvalue weighted by molar-refractivity contribution is 5.81. The third-order valence-electron chi connectivity index (χ3n) is 1.85. The molecule has 0 aliphatic rings. The lowest BCUT2D eigenvalue weighted by atomic mass is 10.0. The van der Waals surface area contributed by atoms with E-state index in [1.165, 1.54) is 24.3 Å². The molecule has 0 spiro atoms. The van der Waals surface area contributed by atoms with Crippen molar-refractivity contribution in [1.29, 1.82) is 5.26 Å². The second kappa shape index (κ2) is 5.11. The lowest BCUT2D eigenvalue weighted by Gasteiger charge is -2.07. The highest BCUT2D eigenvalue weighted by Crippen LogP contribution is 2.16. The van der Waals surface area contributed by atoms with Crippen LogP contribution in [0.4, 0.5) is 4.39 Å². The van der Waals surface area contributed by atoms with E-state index in [-0.39, 0.29) is 6.61 Å². The van der Waals surface area contributed by atoms with Crippen LogP contribution in [-0.2, 0) is 9.53 Å². The number of hydrogen-bond acceptors (Lipinski definition) is 3. The predicted octanol–water partition coefficient (Wildman–Crippen LogP) is 2.00. The van der Waals surface area contributed by atoms with Crippen molar-refractivity contribution in [2.45, 2.75) is 12.8 Å². The van der Waals surface area contributed by atoms with E-state index in [1.807, 2.05) is 6.07 Å². The molecule has 0 aliphatic heterocycles. The summed E-state index contributed by atoms with van der Waals surface area (Å²) in [5.74, 6) is -1.99. The predicted molar refractivity (Wildman–Crippen MR) is 51.4 cm³/mol. The quantitative estimate of drug-likeness (QED) is 0.712. The van der Waals surface area contributed by atoms with Gasteiger partial charge in [-0.25, -0.2) is 4.39 Å². The number of esters is 1. The summed E-state index contributed by atoms with van der Waals surface area (Å²) in [6.07, 6.45) is 0. The molecule has 0 radical (unpaired) electrons. The van der Waals surface area contributed by atoms with E-state index in [1.54, 1.807) is 6.92 Å². The first kappa shape index (κ1) is 11.2. The monoisotopic (exact) mass is 207 g/mol. The molecule has 3 nitrogen and oxygen atoms in total. The lowest BCUT2D eigenvalue weighted by Crippen LogP contribution is -2.14. The Kier molecular flexibility index (Phi) is 3.81. The van der Waals surface area contributed by atoms with E-state index in [2.05, 4.69) is 0 Å². The van der Waals surface area contributed by atoms with E-state index in [9.17, 15) is 9.18 Å². The molecule has 1 atom stereocenters. The van der Waals surface area contributed by atoms with Crippen molar-refractivity contribution in [2.75, 3.05) is 6.61 Å². The Morgan fingerprint density at radius 3 is 2.60 bits per heavy atom. The zero-order chi connectivity index (χ0) is 11.3. The molecular formula is C11H10FNO2. The molecule has 0 aliphatic carbocycles. The molecule has 0 saturated heterocycles. The van der Waals surface area contributed by atoms with Crippen LogP contribution in [-0.4, -0.2) is 12.6 Å². The van der Waals surface area contributed by atoms with Gasteiger partial charge in [0, 0.05) is 0 Å². The van der Waals surface area contributed by atoms with Crippen LogP contribution < -0.4 is 0 Å². The van der Waals surface area contributed by atoms with Gasteiger partial charge >= 0.3 is 5.97 Å². The minimum absolute atomic E-state index is 0.220. The molecule has 1 aromatic rings. The fourth-order valence-electron chi connectivity index (χ4n) is 1.14. The third kappa shape index (κ3) is 2.78. The molecule has 1 unspecified atom stereocenters. The van der Waals surface area contributed by atoms with Crippen LogP contribution in [0, 0.1) is 17.1 Å². The summed E-state index contributed by atoms with van der Waals surface area (Å²) in [6.45, 7) is 1.88. The van der Waals surface area contributed by atoms with Gasteiger partial charge in [-0.3, -0.25) is 4.79 Å². The number of carbonyl (C=O) groups is 1.